The van der Waals surface area contributed by atoms with Gasteiger partial charge in [-0.25, -0.2) is 4.39 Å². The lowest BCUT2D eigenvalue weighted by atomic mass is 10.0. The van der Waals surface area contributed by atoms with Gasteiger partial charge in [0.1, 0.15) is 17.2 Å². The van der Waals surface area contributed by atoms with E-state index < -0.39 is 5.91 Å². The first kappa shape index (κ1) is 13.8. The molecule has 4 rings (SSSR count). The molecule has 1 heterocycles. The summed E-state index contributed by atoms with van der Waals surface area (Å²) >= 11 is 0. The van der Waals surface area contributed by atoms with Crippen LogP contribution in [0.4, 0.5) is 10.1 Å². The van der Waals surface area contributed by atoms with Crippen LogP contribution in [0.15, 0.2) is 40.8 Å². The highest BCUT2D eigenvalue weighted by Gasteiger charge is 2.28. The third-order valence-corrected chi connectivity index (χ3v) is 4.26. The predicted molar refractivity (Wildman–Crippen MR) is 86.5 cm³/mol. The van der Waals surface area contributed by atoms with Gasteiger partial charge in [0.25, 0.3) is 5.91 Å². The average molecular weight is 310 g/mol. The standard InChI is InChI=1S/C18H15FN2O2/c19-11-5-3-10(4-6-11)17-16(18(21)22)13-7-12(9-1-2-9)14(20)8-15(13)23-17/h3-9H,1-2,20H2,(H2,21,22). The van der Waals surface area contributed by atoms with Crippen LogP contribution in [-0.2, 0) is 0 Å². The Bertz CT molecular complexity index is 924. The van der Waals surface area contributed by atoms with E-state index in [2.05, 4.69) is 0 Å². The van der Waals surface area contributed by atoms with E-state index in [-0.39, 0.29) is 5.82 Å². The zero-order valence-corrected chi connectivity index (χ0v) is 12.3. The highest BCUT2D eigenvalue weighted by molar-refractivity contribution is 6.11. The quantitative estimate of drug-likeness (QED) is 0.722. The van der Waals surface area contributed by atoms with Crippen LogP contribution in [0.2, 0.25) is 0 Å². The van der Waals surface area contributed by atoms with Crippen molar-refractivity contribution in [3.8, 4) is 11.3 Å². The van der Waals surface area contributed by atoms with Crippen molar-refractivity contribution in [3.63, 3.8) is 0 Å². The molecule has 0 unspecified atom stereocenters. The van der Waals surface area contributed by atoms with E-state index in [1.54, 1.807) is 18.2 Å². The average Bonchev–Trinajstić information content (AvgIpc) is 3.28. The van der Waals surface area contributed by atoms with Gasteiger partial charge in [-0.2, -0.15) is 0 Å². The zero-order chi connectivity index (χ0) is 16.1. The summed E-state index contributed by atoms with van der Waals surface area (Å²) in [6.45, 7) is 0. The van der Waals surface area contributed by atoms with E-state index in [4.69, 9.17) is 15.9 Å². The number of carbonyl (C=O) groups is 1. The molecular formula is C18H15FN2O2. The Balaban J connectivity index is 1.98. The van der Waals surface area contributed by atoms with Gasteiger partial charge in [-0.05, 0) is 54.7 Å². The van der Waals surface area contributed by atoms with Gasteiger partial charge >= 0.3 is 0 Å². The minimum absolute atomic E-state index is 0.313. The van der Waals surface area contributed by atoms with Crippen LogP contribution in [0.1, 0.15) is 34.7 Å². The summed E-state index contributed by atoms with van der Waals surface area (Å²) in [7, 11) is 0. The Kier molecular flexibility index (Phi) is 2.91. The summed E-state index contributed by atoms with van der Waals surface area (Å²) in [5.41, 5.74) is 14.8. The lowest BCUT2D eigenvalue weighted by Crippen LogP contribution is -2.11. The lowest BCUT2D eigenvalue weighted by molar-refractivity contribution is 0.100. The van der Waals surface area contributed by atoms with Gasteiger partial charge in [-0.15, -0.1) is 0 Å². The van der Waals surface area contributed by atoms with Crippen molar-refractivity contribution in [2.75, 3.05) is 5.73 Å². The highest BCUT2D eigenvalue weighted by Crippen LogP contribution is 2.45. The number of carbonyl (C=O) groups excluding carboxylic acids is 1. The van der Waals surface area contributed by atoms with Crippen LogP contribution in [-0.4, -0.2) is 5.91 Å². The molecule has 5 heteroatoms. The number of nitrogens with two attached hydrogens (primary N) is 2. The van der Waals surface area contributed by atoms with Crippen LogP contribution < -0.4 is 11.5 Å². The number of anilines is 1. The van der Waals surface area contributed by atoms with Crippen molar-refractivity contribution in [3.05, 3.63) is 53.3 Å². The summed E-state index contributed by atoms with van der Waals surface area (Å²) in [5.74, 6) is -0.135. The zero-order valence-electron chi connectivity index (χ0n) is 12.3. The smallest absolute Gasteiger partial charge is 0.253 e. The molecular weight excluding hydrogens is 295 g/mol. The number of furan rings is 1. The van der Waals surface area contributed by atoms with Crippen molar-refractivity contribution in [2.24, 2.45) is 5.73 Å². The van der Waals surface area contributed by atoms with Gasteiger partial charge in [0.2, 0.25) is 0 Å². The summed E-state index contributed by atoms with van der Waals surface area (Å²) < 4.78 is 18.9. The molecule has 1 saturated carbocycles. The molecule has 1 aliphatic carbocycles. The van der Waals surface area contributed by atoms with E-state index in [1.807, 2.05) is 6.07 Å². The molecule has 116 valence electrons. The predicted octanol–water partition coefficient (Wildman–Crippen LogP) is 3.80. The summed E-state index contributed by atoms with van der Waals surface area (Å²) in [6, 6.07) is 9.39. The fourth-order valence-electron chi connectivity index (χ4n) is 2.97. The van der Waals surface area contributed by atoms with E-state index in [9.17, 15) is 9.18 Å². The number of hydrogen-bond acceptors (Lipinski definition) is 3. The Hall–Kier alpha value is -2.82. The number of amides is 1. The summed E-state index contributed by atoms with van der Waals surface area (Å²) in [4.78, 5) is 12.0. The summed E-state index contributed by atoms with van der Waals surface area (Å²) in [6.07, 6.45) is 2.20. The van der Waals surface area contributed by atoms with Crippen LogP contribution in [0.5, 0.6) is 0 Å². The Morgan fingerprint density at radius 2 is 1.87 bits per heavy atom. The molecule has 1 fully saturated rings. The summed E-state index contributed by atoms with van der Waals surface area (Å²) in [5, 5.41) is 0.660. The van der Waals surface area contributed by atoms with Crippen molar-refractivity contribution in [1.82, 2.24) is 0 Å². The molecule has 0 radical (unpaired) electrons. The SMILES string of the molecule is NC(=O)c1c(-c2ccc(F)cc2)oc2cc(N)c(C3CC3)cc12. The minimum atomic E-state index is -0.574. The number of primary amides is 1. The molecule has 4 N–H and O–H groups in total. The first-order chi connectivity index (χ1) is 11.0. The van der Waals surface area contributed by atoms with E-state index in [1.165, 1.54) is 12.1 Å². The lowest BCUT2D eigenvalue weighted by Gasteiger charge is -2.04. The molecule has 1 aromatic heterocycles. The van der Waals surface area contributed by atoms with Gasteiger partial charge in [0, 0.05) is 22.7 Å². The fraction of sp³-hybridized carbons (Fsp3) is 0.167. The molecule has 0 atom stereocenters. The third-order valence-electron chi connectivity index (χ3n) is 4.26. The molecule has 23 heavy (non-hydrogen) atoms. The minimum Gasteiger partial charge on any atom is -0.455 e. The maximum Gasteiger partial charge on any atom is 0.253 e. The number of nitrogen functional groups attached to an aromatic ring is 1. The molecule has 1 aliphatic rings. The number of benzene rings is 2. The highest BCUT2D eigenvalue weighted by atomic mass is 19.1. The molecule has 2 aromatic carbocycles. The topological polar surface area (TPSA) is 82.2 Å². The molecule has 3 aromatic rings. The Labute approximate surface area is 131 Å². The van der Waals surface area contributed by atoms with E-state index >= 15 is 0 Å². The maximum atomic E-state index is 13.1. The number of halogens is 1. The fourth-order valence-corrected chi connectivity index (χ4v) is 2.97. The first-order valence-corrected chi connectivity index (χ1v) is 7.46. The molecule has 0 saturated heterocycles. The monoisotopic (exact) mass is 310 g/mol. The third kappa shape index (κ3) is 2.25. The van der Waals surface area contributed by atoms with Crippen molar-refractivity contribution in [2.45, 2.75) is 18.8 Å². The Morgan fingerprint density at radius 3 is 2.48 bits per heavy atom. The van der Waals surface area contributed by atoms with Gasteiger partial charge in [0.05, 0.1) is 5.56 Å². The van der Waals surface area contributed by atoms with Crippen LogP contribution in [0.3, 0.4) is 0 Å². The van der Waals surface area contributed by atoms with Gasteiger partial charge in [0.15, 0.2) is 0 Å². The maximum absolute atomic E-state index is 13.1. The normalized spacial score (nSPS) is 14.3. The number of rotatable bonds is 3. The molecule has 0 aliphatic heterocycles. The van der Waals surface area contributed by atoms with Crippen LogP contribution in [0.25, 0.3) is 22.3 Å². The largest absolute Gasteiger partial charge is 0.455 e. The van der Waals surface area contributed by atoms with Crippen LogP contribution >= 0.6 is 0 Å². The van der Waals surface area contributed by atoms with Crippen molar-refractivity contribution in [1.29, 1.82) is 0 Å². The van der Waals surface area contributed by atoms with Crippen molar-refractivity contribution >= 4 is 22.6 Å². The molecule has 4 nitrogen and oxygen atoms in total. The van der Waals surface area contributed by atoms with Gasteiger partial charge < -0.3 is 15.9 Å². The first-order valence-electron chi connectivity index (χ1n) is 7.46. The van der Waals surface area contributed by atoms with Crippen molar-refractivity contribution < 1.29 is 13.6 Å². The second-order valence-electron chi connectivity index (χ2n) is 5.93. The number of fused-ring (bicyclic) bond motifs is 1. The second kappa shape index (κ2) is 4.84. The molecule has 1 amide bonds. The van der Waals surface area contributed by atoms with Gasteiger partial charge in [-0.1, -0.05) is 0 Å². The van der Waals surface area contributed by atoms with Crippen LogP contribution in [0, 0.1) is 5.82 Å². The van der Waals surface area contributed by atoms with E-state index in [0.717, 1.165) is 18.4 Å². The molecule has 0 spiro atoms. The second-order valence-corrected chi connectivity index (χ2v) is 5.93. The van der Waals surface area contributed by atoms with Gasteiger partial charge in [-0.3, -0.25) is 4.79 Å². The van der Waals surface area contributed by atoms with E-state index in [0.29, 0.717) is 39.5 Å². The Morgan fingerprint density at radius 1 is 1.17 bits per heavy atom. The molecule has 0 bridgehead atoms. The number of hydrogen-bond donors (Lipinski definition) is 2.